The molecule has 0 spiro atoms. The topological polar surface area (TPSA) is 123 Å². The van der Waals surface area contributed by atoms with Crippen molar-refractivity contribution < 1.29 is 14.1 Å². The fourth-order valence-corrected chi connectivity index (χ4v) is 0.787. The van der Waals surface area contributed by atoms with Gasteiger partial charge in [-0.05, 0) is 0 Å². The third-order valence-corrected chi connectivity index (χ3v) is 1.48. The van der Waals surface area contributed by atoms with E-state index in [1.54, 1.807) is 0 Å². The van der Waals surface area contributed by atoms with Crippen molar-refractivity contribution in [2.45, 2.75) is 0 Å². The molecule has 0 aromatic carbocycles. The van der Waals surface area contributed by atoms with E-state index < -0.39 is 11.9 Å². The first-order valence-electron chi connectivity index (χ1n) is 2.99. The molecule has 0 aliphatic heterocycles. The second kappa shape index (κ2) is 4.30. The summed E-state index contributed by atoms with van der Waals surface area (Å²) >= 11 is 0.634. The summed E-state index contributed by atoms with van der Waals surface area (Å²) in [6.07, 6.45) is 1.07. The molecule has 9 heteroatoms. The summed E-state index contributed by atoms with van der Waals surface area (Å²) in [5.74, 6) is -0.542. The lowest BCUT2D eigenvalue weighted by Crippen LogP contribution is -2.29. The smallest absolute Gasteiger partial charge is 0.323 e. The summed E-state index contributed by atoms with van der Waals surface area (Å²) in [7, 11) is 0. The summed E-state index contributed by atoms with van der Waals surface area (Å²) < 4.78 is 8.62. The Kier molecular flexibility index (Phi) is 3.09. The number of rotatable bonds is 3. The van der Waals surface area contributed by atoms with E-state index in [0.29, 0.717) is 12.1 Å². The first kappa shape index (κ1) is 9.32. The molecule has 1 heterocycles. The number of primary amides is 1. The lowest BCUT2D eigenvalue weighted by atomic mass is 10.5. The number of urea groups is 1. The fourth-order valence-electron chi connectivity index (χ4n) is 0.438. The van der Waals surface area contributed by atoms with Crippen LogP contribution in [0, 0.1) is 0 Å². The maximum Gasteiger partial charge on any atom is 0.323 e. The number of hydrogen-bond donors (Lipinski definition) is 3. The molecule has 0 unspecified atom stereocenters. The molecule has 0 bridgehead atoms. The molecule has 3 amide bonds. The van der Waals surface area contributed by atoms with E-state index in [4.69, 9.17) is 5.73 Å². The minimum atomic E-state index is -0.761. The van der Waals surface area contributed by atoms with Crippen LogP contribution in [0.3, 0.4) is 0 Å². The number of carbonyl (C=O) groups is 2. The van der Waals surface area contributed by atoms with E-state index in [2.05, 4.69) is 24.3 Å². The normalized spacial score (nSPS) is 9.23. The molecule has 13 heavy (non-hydrogen) atoms. The monoisotopic (exact) mass is 203 g/mol. The first-order valence-corrected chi connectivity index (χ1v) is 3.80. The Morgan fingerprint density at radius 2 is 2.31 bits per heavy atom. The van der Waals surface area contributed by atoms with E-state index >= 15 is 0 Å². The van der Waals surface area contributed by atoms with Gasteiger partial charge in [-0.1, -0.05) is 0 Å². The van der Waals surface area contributed by atoms with Crippen LogP contribution in [0.2, 0.25) is 0 Å². The third kappa shape index (κ3) is 2.99. The Balaban J connectivity index is 2.31. The minimum absolute atomic E-state index is 0.0128. The van der Waals surface area contributed by atoms with E-state index in [0.717, 1.165) is 6.26 Å². The van der Waals surface area contributed by atoms with Gasteiger partial charge in [-0.3, -0.25) is 14.2 Å². The Bertz CT molecular complexity index is 299. The summed E-state index contributed by atoms with van der Waals surface area (Å²) in [5, 5.41) is 6.41. The van der Waals surface area contributed by atoms with Crippen molar-refractivity contribution >= 4 is 24.1 Å². The molecule has 4 N–H and O–H groups in total. The quantitative estimate of drug-likeness (QED) is 0.543. The predicted octanol–water partition coefficient (Wildman–Crippen LogP) is -0.969. The Labute approximate surface area is 76.5 Å². The number of hydrogen-bond acceptors (Lipinski definition) is 6. The minimum Gasteiger partial charge on any atom is -0.351 e. The van der Waals surface area contributed by atoms with Crippen molar-refractivity contribution in [3.8, 4) is 0 Å². The van der Waals surface area contributed by atoms with Crippen LogP contribution in [-0.2, 0) is 0 Å². The van der Waals surface area contributed by atoms with Crippen molar-refractivity contribution in [3.63, 3.8) is 0 Å². The van der Waals surface area contributed by atoms with Crippen LogP contribution >= 0.6 is 12.1 Å². The SMILES string of the molecule is NC(=O)NSNC(=O)c1conn1. The zero-order valence-electron chi connectivity index (χ0n) is 6.18. The number of carbonyl (C=O) groups excluding carboxylic acids is 2. The molecule has 0 fully saturated rings. The number of nitrogens with two attached hydrogens (primary N) is 1. The average molecular weight is 203 g/mol. The van der Waals surface area contributed by atoms with Crippen molar-refractivity contribution in [2.75, 3.05) is 0 Å². The number of aromatic nitrogens is 2. The largest absolute Gasteiger partial charge is 0.351 e. The molecule has 0 atom stereocenters. The zero-order valence-corrected chi connectivity index (χ0v) is 7.00. The van der Waals surface area contributed by atoms with E-state index in [9.17, 15) is 9.59 Å². The predicted molar refractivity (Wildman–Crippen MR) is 42.1 cm³/mol. The highest BCUT2D eigenvalue weighted by molar-refractivity contribution is 7.96. The van der Waals surface area contributed by atoms with Gasteiger partial charge in [0.1, 0.15) is 0 Å². The molecular formula is C4H5N5O3S. The van der Waals surface area contributed by atoms with Crippen LogP contribution in [0.5, 0.6) is 0 Å². The fraction of sp³-hybridized carbons (Fsp3) is 0. The zero-order chi connectivity index (χ0) is 9.68. The molecule has 1 rings (SSSR count). The standard InChI is InChI=1S/C4H5N5O3S/c5-4(11)8-13-7-3(10)2-1-12-9-6-2/h1H,(H,7,10)(H3,5,8,11). The van der Waals surface area contributed by atoms with Crippen molar-refractivity contribution in [2.24, 2.45) is 5.73 Å². The van der Waals surface area contributed by atoms with Crippen molar-refractivity contribution in [3.05, 3.63) is 12.0 Å². The van der Waals surface area contributed by atoms with Crippen molar-refractivity contribution in [1.29, 1.82) is 0 Å². The highest BCUT2D eigenvalue weighted by Gasteiger charge is 2.09. The van der Waals surface area contributed by atoms with Gasteiger partial charge in [0.05, 0.1) is 12.1 Å². The molecule has 0 aliphatic carbocycles. The van der Waals surface area contributed by atoms with Gasteiger partial charge in [0, 0.05) is 5.27 Å². The molecular weight excluding hydrogens is 198 g/mol. The molecule has 0 aliphatic rings. The van der Waals surface area contributed by atoms with Crippen LogP contribution in [0.25, 0.3) is 0 Å². The highest BCUT2D eigenvalue weighted by atomic mass is 32.2. The number of nitrogens with zero attached hydrogens (tertiary/aromatic N) is 2. The highest BCUT2D eigenvalue weighted by Crippen LogP contribution is 1.94. The Morgan fingerprint density at radius 3 is 2.85 bits per heavy atom. The first-order chi connectivity index (χ1) is 6.20. The Hall–Kier alpha value is -1.77. The van der Waals surface area contributed by atoms with Crippen LogP contribution in [0.1, 0.15) is 10.5 Å². The van der Waals surface area contributed by atoms with E-state index in [-0.39, 0.29) is 5.69 Å². The number of nitrogens with one attached hydrogen (secondary N) is 2. The lowest BCUT2D eigenvalue weighted by molar-refractivity contribution is 0.0979. The molecule has 8 nitrogen and oxygen atoms in total. The third-order valence-electron chi connectivity index (χ3n) is 0.888. The van der Waals surface area contributed by atoms with Gasteiger partial charge >= 0.3 is 6.03 Å². The molecule has 0 saturated carbocycles. The van der Waals surface area contributed by atoms with Gasteiger partial charge in [-0.25, -0.2) is 4.79 Å². The summed E-state index contributed by atoms with van der Waals surface area (Å²) in [5.41, 5.74) is 4.74. The van der Waals surface area contributed by atoms with Gasteiger partial charge < -0.3 is 10.3 Å². The van der Waals surface area contributed by atoms with Gasteiger partial charge in [0.25, 0.3) is 5.91 Å². The second-order valence-corrected chi connectivity index (χ2v) is 2.40. The van der Waals surface area contributed by atoms with Crippen LogP contribution in [0.15, 0.2) is 10.8 Å². The van der Waals surface area contributed by atoms with E-state index in [1.807, 2.05) is 0 Å². The molecule has 0 radical (unpaired) electrons. The maximum atomic E-state index is 11.0. The summed E-state index contributed by atoms with van der Waals surface area (Å²) in [6, 6.07) is -0.761. The molecule has 1 aromatic rings. The van der Waals surface area contributed by atoms with Crippen LogP contribution in [-0.4, -0.2) is 22.3 Å². The Morgan fingerprint density at radius 1 is 1.54 bits per heavy atom. The molecule has 1 aromatic heterocycles. The van der Waals surface area contributed by atoms with Gasteiger partial charge in [0.2, 0.25) is 0 Å². The van der Waals surface area contributed by atoms with Gasteiger partial charge in [-0.2, -0.15) is 0 Å². The van der Waals surface area contributed by atoms with Crippen molar-refractivity contribution in [1.82, 2.24) is 19.8 Å². The molecule has 0 saturated heterocycles. The maximum absolute atomic E-state index is 11.0. The lowest BCUT2D eigenvalue weighted by Gasteiger charge is -1.99. The molecule has 70 valence electrons. The van der Waals surface area contributed by atoms with Gasteiger partial charge in [0.15, 0.2) is 12.0 Å². The van der Waals surface area contributed by atoms with E-state index in [1.165, 1.54) is 0 Å². The van der Waals surface area contributed by atoms with Crippen LogP contribution < -0.4 is 15.2 Å². The second-order valence-electron chi connectivity index (χ2n) is 1.79. The summed E-state index contributed by atoms with van der Waals surface area (Å²) in [6.45, 7) is 0. The van der Waals surface area contributed by atoms with Crippen LogP contribution in [0.4, 0.5) is 4.79 Å². The average Bonchev–Trinajstić information content (AvgIpc) is 2.55. The number of amides is 3. The summed E-state index contributed by atoms with van der Waals surface area (Å²) in [4.78, 5) is 21.2. The van der Waals surface area contributed by atoms with Gasteiger partial charge in [-0.15, -0.1) is 5.10 Å².